The van der Waals surface area contributed by atoms with Crippen LogP contribution < -0.4 is 4.74 Å². The quantitative estimate of drug-likeness (QED) is 0.836. The minimum absolute atomic E-state index is 0.219. The molecular formula is C17H23N3O2. The fourth-order valence-electron chi connectivity index (χ4n) is 2.78. The molecule has 0 aromatic heterocycles. The monoisotopic (exact) mass is 301 g/mol. The Labute approximate surface area is 132 Å². The largest absolute Gasteiger partial charge is 0.497 e. The summed E-state index contributed by atoms with van der Waals surface area (Å²) in [6.07, 6.45) is 1.49. The van der Waals surface area contributed by atoms with Gasteiger partial charge in [0.15, 0.2) is 0 Å². The number of amides is 1. The average Bonchev–Trinajstić information content (AvgIpc) is 2.56. The molecule has 2 rings (SSSR count). The molecule has 118 valence electrons. The van der Waals surface area contributed by atoms with Gasteiger partial charge in [-0.3, -0.25) is 9.69 Å². The molecule has 0 N–H and O–H groups in total. The van der Waals surface area contributed by atoms with Crippen molar-refractivity contribution in [3.63, 3.8) is 0 Å². The number of hydrogen-bond donors (Lipinski definition) is 0. The number of ether oxygens (including phenoxy) is 1. The lowest BCUT2D eigenvalue weighted by molar-refractivity contribution is -0.133. The second-order valence-electron chi connectivity index (χ2n) is 5.48. The topological polar surface area (TPSA) is 56.6 Å². The summed E-state index contributed by atoms with van der Waals surface area (Å²) in [5.41, 5.74) is 0.940. The molecule has 1 saturated heterocycles. The highest BCUT2D eigenvalue weighted by atomic mass is 16.5. The second kappa shape index (κ2) is 7.81. The second-order valence-corrected chi connectivity index (χ2v) is 5.48. The average molecular weight is 301 g/mol. The highest BCUT2D eigenvalue weighted by Crippen LogP contribution is 2.25. The third-order valence-electron chi connectivity index (χ3n) is 4.03. The van der Waals surface area contributed by atoms with Gasteiger partial charge in [-0.25, -0.2) is 0 Å². The first-order valence-corrected chi connectivity index (χ1v) is 7.75. The third kappa shape index (κ3) is 3.77. The van der Waals surface area contributed by atoms with Crippen molar-refractivity contribution < 1.29 is 9.53 Å². The van der Waals surface area contributed by atoms with Gasteiger partial charge in [-0.1, -0.05) is 19.1 Å². The van der Waals surface area contributed by atoms with Gasteiger partial charge >= 0.3 is 0 Å². The van der Waals surface area contributed by atoms with Gasteiger partial charge in [0, 0.05) is 32.6 Å². The smallest absolute Gasteiger partial charge is 0.222 e. The van der Waals surface area contributed by atoms with Crippen LogP contribution >= 0.6 is 0 Å². The van der Waals surface area contributed by atoms with Crippen molar-refractivity contribution in [3.05, 3.63) is 29.8 Å². The molecule has 5 heteroatoms. The summed E-state index contributed by atoms with van der Waals surface area (Å²) in [5.74, 6) is 0.978. The van der Waals surface area contributed by atoms with E-state index in [1.165, 1.54) is 0 Å². The summed E-state index contributed by atoms with van der Waals surface area (Å²) < 4.78 is 5.23. The molecule has 0 bridgehead atoms. The lowest BCUT2D eigenvalue weighted by atomic mass is 10.1. The molecule has 1 heterocycles. The summed E-state index contributed by atoms with van der Waals surface area (Å²) in [6.45, 7) is 4.86. The molecule has 1 fully saturated rings. The maximum Gasteiger partial charge on any atom is 0.222 e. The van der Waals surface area contributed by atoms with Crippen molar-refractivity contribution in [3.8, 4) is 11.8 Å². The van der Waals surface area contributed by atoms with Crippen molar-refractivity contribution in [1.82, 2.24) is 9.80 Å². The molecule has 1 amide bonds. The number of hydrogen-bond acceptors (Lipinski definition) is 4. The van der Waals surface area contributed by atoms with E-state index >= 15 is 0 Å². The Bertz CT molecular complexity index is 545. The molecule has 5 nitrogen and oxygen atoms in total. The fraction of sp³-hybridized carbons (Fsp3) is 0.529. The van der Waals surface area contributed by atoms with Crippen molar-refractivity contribution >= 4 is 5.91 Å². The number of methoxy groups -OCH3 is 1. The summed E-state index contributed by atoms with van der Waals surface area (Å²) in [4.78, 5) is 16.0. The van der Waals surface area contributed by atoms with E-state index in [-0.39, 0.29) is 11.9 Å². The van der Waals surface area contributed by atoms with Crippen molar-refractivity contribution in [2.45, 2.75) is 25.8 Å². The van der Waals surface area contributed by atoms with Gasteiger partial charge in [-0.2, -0.15) is 5.26 Å². The van der Waals surface area contributed by atoms with Gasteiger partial charge in [0.25, 0.3) is 0 Å². The molecule has 0 radical (unpaired) electrons. The normalized spacial score (nSPS) is 16.9. The summed E-state index contributed by atoms with van der Waals surface area (Å²) >= 11 is 0. The standard InChI is InChI=1S/C17H23N3O2/c1-3-5-17(21)20-10-8-19(9-11-20)16(13-18)14-6-4-7-15(12-14)22-2/h4,6-7,12,16H,3,5,8-11H2,1-2H3. The molecule has 1 aromatic carbocycles. The van der Waals surface area contributed by atoms with E-state index in [2.05, 4.69) is 11.0 Å². The van der Waals surface area contributed by atoms with Crippen LogP contribution in [0.1, 0.15) is 31.4 Å². The predicted molar refractivity (Wildman–Crippen MR) is 84.4 cm³/mol. The Kier molecular flexibility index (Phi) is 5.79. The Morgan fingerprint density at radius 2 is 2.09 bits per heavy atom. The number of piperazine rings is 1. The number of carbonyl (C=O) groups is 1. The predicted octanol–water partition coefficient (Wildman–Crippen LogP) is 2.20. The van der Waals surface area contributed by atoms with Crippen LogP contribution in [0.3, 0.4) is 0 Å². The van der Waals surface area contributed by atoms with E-state index < -0.39 is 0 Å². The van der Waals surface area contributed by atoms with Gasteiger partial charge in [-0.15, -0.1) is 0 Å². The molecule has 1 aliphatic heterocycles. The van der Waals surface area contributed by atoms with Gasteiger partial charge in [-0.05, 0) is 24.1 Å². The number of nitrogens with zero attached hydrogens (tertiary/aromatic N) is 3. The Morgan fingerprint density at radius 1 is 1.36 bits per heavy atom. The van der Waals surface area contributed by atoms with E-state index in [0.717, 1.165) is 30.8 Å². The van der Waals surface area contributed by atoms with Gasteiger partial charge in [0.2, 0.25) is 5.91 Å². The van der Waals surface area contributed by atoms with Crippen LogP contribution in [-0.2, 0) is 4.79 Å². The maximum atomic E-state index is 11.9. The van der Waals surface area contributed by atoms with Gasteiger partial charge in [0.1, 0.15) is 11.8 Å². The molecule has 1 aromatic rings. The van der Waals surface area contributed by atoms with Crippen LogP contribution in [-0.4, -0.2) is 49.0 Å². The zero-order valence-corrected chi connectivity index (χ0v) is 13.3. The first-order valence-electron chi connectivity index (χ1n) is 7.75. The zero-order chi connectivity index (χ0) is 15.9. The minimum Gasteiger partial charge on any atom is -0.497 e. The van der Waals surface area contributed by atoms with Crippen LogP contribution in [0.4, 0.5) is 0 Å². The Balaban J connectivity index is 2.02. The van der Waals surface area contributed by atoms with Crippen LogP contribution in [0.25, 0.3) is 0 Å². The SMILES string of the molecule is CCCC(=O)N1CCN(C(C#N)c2cccc(OC)c2)CC1. The Hall–Kier alpha value is -2.06. The van der Waals surface area contributed by atoms with Gasteiger partial charge < -0.3 is 9.64 Å². The first kappa shape index (κ1) is 16.3. The Morgan fingerprint density at radius 3 is 2.68 bits per heavy atom. The highest BCUT2D eigenvalue weighted by Gasteiger charge is 2.26. The van der Waals surface area contributed by atoms with E-state index in [9.17, 15) is 10.1 Å². The van der Waals surface area contributed by atoms with E-state index in [1.54, 1.807) is 7.11 Å². The molecule has 1 unspecified atom stereocenters. The zero-order valence-electron chi connectivity index (χ0n) is 13.3. The molecular weight excluding hydrogens is 278 g/mol. The van der Waals surface area contributed by atoms with Crippen LogP contribution in [0, 0.1) is 11.3 Å². The van der Waals surface area contributed by atoms with Crippen molar-refractivity contribution in [2.24, 2.45) is 0 Å². The van der Waals surface area contributed by atoms with Gasteiger partial charge in [0.05, 0.1) is 13.2 Å². The maximum absolute atomic E-state index is 11.9. The molecule has 0 aliphatic carbocycles. The molecule has 0 spiro atoms. The summed E-state index contributed by atoms with van der Waals surface area (Å²) in [5, 5.41) is 9.54. The first-order chi connectivity index (χ1) is 10.7. The fourth-order valence-corrected chi connectivity index (χ4v) is 2.78. The molecule has 22 heavy (non-hydrogen) atoms. The number of nitriles is 1. The van der Waals surface area contributed by atoms with E-state index in [1.807, 2.05) is 36.1 Å². The summed E-state index contributed by atoms with van der Waals surface area (Å²) in [7, 11) is 1.62. The highest BCUT2D eigenvalue weighted by molar-refractivity contribution is 5.76. The number of benzene rings is 1. The lowest BCUT2D eigenvalue weighted by Crippen LogP contribution is -2.49. The van der Waals surface area contributed by atoms with Crippen LogP contribution in [0.5, 0.6) is 5.75 Å². The minimum atomic E-state index is -0.293. The van der Waals surface area contributed by atoms with Crippen LogP contribution in [0.15, 0.2) is 24.3 Å². The third-order valence-corrected chi connectivity index (χ3v) is 4.03. The van der Waals surface area contributed by atoms with E-state index in [4.69, 9.17) is 4.74 Å². The lowest BCUT2D eigenvalue weighted by Gasteiger charge is -2.37. The van der Waals surface area contributed by atoms with E-state index in [0.29, 0.717) is 19.5 Å². The van der Waals surface area contributed by atoms with Crippen LogP contribution in [0.2, 0.25) is 0 Å². The number of rotatable bonds is 5. The number of carbonyl (C=O) groups excluding carboxylic acids is 1. The summed E-state index contributed by atoms with van der Waals surface area (Å²) in [6, 6.07) is 9.71. The molecule has 1 atom stereocenters. The molecule has 1 aliphatic rings. The van der Waals surface area contributed by atoms with Crippen molar-refractivity contribution in [2.75, 3.05) is 33.3 Å². The van der Waals surface area contributed by atoms with Crippen molar-refractivity contribution in [1.29, 1.82) is 5.26 Å². The molecule has 0 saturated carbocycles.